The lowest BCUT2D eigenvalue weighted by Gasteiger charge is -2.29. The standard InChI is InChI=1S/C13H24N2O3/c1-8(2)11(13(17)18-4)15-12(16)10-5-6-14-9(3)7-10/h8-11,14H,5-7H2,1-4H3,(H,15,16)/t9-,10-,11?/m0/s1. The van der Waals surface area contributed by atoms with Crippen molar-refractivity contribution in [3.8, 4) is 0 Å². The summed E-state index contributed by atoms with van der Waals surface area (Å²) in [6.45, 7) is 6.71. The van der Waals surface area contributed by atoms with Gasteiger partial charge in [0.05, 0.1) is 7.11 Å². The number of rotatable bonds is 4. The molecule has 1 saturated heterocycles. The molecular formula is C13H24N2O3. The fourth-order valence-electron chi connectivity index (χ4n) is 2.27. The molecule has 5 nitrogen and oxygen atoms in total. The molecule has 1 unspecified atom stereocenters. The second-order valence-corrected chi connectivity index (χ2v) is 5.33. The van der Waals surface area contributed by atoms with Crippen LogP contribution in [0, 0.1) is 11.8 Å². The Morgan fingerprint density at radius 3 is 2.56 bits per heavy atom. The highest BCUT2D eigenvalue weighted by Gasteiger charge is 2.30. The first-order chi connectivity index (χ1) is 8.45. The van der Waals surface area contributed by atoms with Gasteiger partial charge in [-0.1, -0.05) is 13.8 Å². The molecule has 0 radical (unpaired) electrons. The van der Waals surface area contributed by atoms with E-state index in [9.17, 15) is 9.59 Å². The molecule has 0 aromatic rings. The molecule has 0 aliphatic carbocycles. The van der Waals surface area contributed by atoms with E-state index in [2.05, 4.69) is 17.6 Å². The molecule has 18 heavy (non-hydrogen) atoms. The number of hydrogen-bond acceptors (Lipinski definition) is 4. The number of carbonyl (C=O) groups is 2. The lowest BCUT2D eigenvalue weighted by Crippen LogP contribution is -2.49. The van der Waals surface area contributed by atoms with Crippen LogP contribution >= 0.6 is 0 Å². The minimum absolute atomic E-state index is 0.00726. The maximum atomic E-state index is 12.1. The highest BCUT2D eigenvalue weighted by atomic mass is 16.5. The molecule has 1 heterocycles. The van der Waals surface area contributed by atoms with Gasteiger partial charge in [0.15, 0.2) is 0 Å². The molecule has 1 aliphatic heterocycles. The van der Waals surface area contributed by atoms with E-state index in [1.165, 1.54) is 7.11 Å². The molecule has 1 aliphatic rings. The van der Waals surface area contributed by atoms with Crippen molar-refractivity contribution < 1.29 is 14.3 Å². The number of piperidine rings is 1. The first-order valence-corrected chi connectivity index (χ1v) is 6.57. The van der Waals surface area contributed by atoms with Crippen LogP contribution in [0.5, 0.6) is 0 Å². The SMILES string of the molecule is COC(=O)C(NC(=O)[C@H]1CCN[C@@H](C)C1)C(C)C. The number of esters is 1. The monoisotopic (exact) mass is 256 g/mol. The first kappa shape index (κ1) is 15.0. The van der Waals surface area contributed by atoms with Crippen LogP contribution in [0.2, 0.25) is 0 Å². The fourth-order valence-corrected chi connectivity index (χ4v) is 2.27. The van der Waals surface area contributed by atoms with Gasteiger partial charge in [-0.3, -0.25) is 4.79 Å². The van der Waals surface area contributed by atoms with Crippen molar-refractivity contribution in [3.05, 3.63) is 0 Å². The Balaban J connectivity index is 2.58. The van der Waals surface area contributed by atoms with Crippen molar-refractivity contribution in [1.82, 2.24) is 10.6 Å². The van der Waals surface area contributed by atoms with Crippen molar-refractivity contribution in [3.63, 3.8) is 0 Å². The van der Waals surface area contributed by atoms with E-state index in [0.29, 0.717) is 6.04 Å². The lowest BCUT2D eigenvalue weighted by molar-refractivity contribution is -0.147. The van der Waals surface area contributed by atoms with Gasteiger partial charge in [0.1, 0.15) is 6.04 Å². The summed E-state index contributed by atoms with van der Waals surface area (Å²) in [6, 6.07) is -0.196. The minimum Gasteiger partial charge on any atom is -0.467 e. The second kappa shape index (κ2) is 6.73. The van der Waals surface area contributed by atoms with Crippen LogP contribution in [0.1, 0.15) is 33.6 Å². The Bertz CT molecular complexity index is 305. The summed E-state index contributed by atoms with van der Waals surface area (Å²) in [5, 5.41) is 6.12. The van der Waals surface area contributed by atoms with Gasteiger partial charge < -0.3 is 15.4 Å². The van der Waals surface area contributed by atoms with Crippen LogP contribution in [0.3, 0.4) is 0 Å². The van der Waals surface area contributed by atoms with Crippen molar-refractivity contribution in [2.24, 2.45) is 11.8 Å². The number of amides is 1. The number of hydrogen-bond donors (Lipinski definition) is 2. The van der Waals surface area contributed by atoms with Crippen molar-refractivity contribution in [2.45, 2.75) is 45.7 Å². The maximum Gasteiger partial charge on any atom is 0.328 e. The molecule has 0 bridgehead atoms. The van der Waals surface area contributed by atoms with Crippen LogP contribution in [0.4, 0.5) is 0 Å². The summed E-state index contributed by atoms with van der Waals surface area (Å²) in [4.78, 5) is 23.7. The summed E-state index contributed by atoms with van der Waals surface area (Å²) in [7, 11) is 1.34. The molecule has 2 N–H and O–H groups in total. The van der Waals surface area contributed by atoms with Crippen LogP contribution < -0.4 is 10.6 Å². The smallest absolute Gasteiger partial charge is 0.328 e. The van der Waals surface area contributed by atoms with E-state index in [1.807, 2.05) is 13.8 Å². The third-order valence-corrected chi connectivity index (χ3v) is 3.41. The predicted octanol–water partition coefficient (Wildman–Crippen LogP) is 0.688. The zero-order valence-corrected chi connectivity index (χ0v) is 11.7. The average Bonchev–Trinajstić information content (AvgIpc) is 2.34. The highest BCUT2D eigenvalue weighted by molar-refractivity contribution is 5.86. The molecule has 0 aromatic heterocycles. The van der Waals surface area contributed by atoms with Crippen molar-refractivity contribution >= 4 is 11.9 Å². The largest absolute Gasteiger partial charge is 0.467 e. The van der Waals surface area contributed by atoms with Crippen molar-refractivity contribution in [2.75, 3.05) is 13.7 Å². The molecule has 104 valence electrons. The number of methoxy groups -OCH3 is 1. The summed E-state index contributed by atoms with van der Waals surface area (Å²) < 4.78 is 4.72. The summed E-state index contributed by atoms with van der Waals surface area (Å²) >= 11 is 0. The van der Waals surface area contributed by atoms with E-state index in [0.717, 1.165) is 19.4 Å². The quantitative estimate of drug-likeness (QED) is 0.726. The zero-order valence-electron chi connectivity index (χ0n) is 11.7. The molecule has 5 heteroatoms. The van der Waals surface area contributed by atoms with Crippen LogP contribution in [0.25, 0.3) is 0 Å². The fraction of sp³-hybridized carbons (Fsp3) is 0.846. The van der Waals surface area contributed by atoms with E-state index < -0.39 is 6.04 Å². The molecule has 1 fully saturated rings. The molecule has 0 aromatic carbocycles. The third-order valence-electron chi connectivity index (χ3n) is 3.41. The molecular weight excluding hydrogens is 232 g/mol. The Hall–Kier alpha value is -1.10. The Morgan fingerprint density at radius 2 is 2.06 bits per heavy atom. The topological polar surface area (TPSA) is 67.4 Å². The molecule has 3 atom stereocenters. The van der Waals surface area contributed by atoms with Gasteiger partial charge in [-0.25, -0.2) is 4.79 Å². The van der Waals surface area contributed by atoms with Crippen LogP contribution in [-0.4, -0.2) is 37.6 Å². The molecule has 1 rings (SSSR count). The van der Waals surface area contributed by atoms with Gasteiger partial charge in [0.2, 0.25) is 5.91 Å². The summed E-state index contributed by atoms with van der Waals surface area (Å²) in [5.74, 6) is -0.388. The predicted molar refractivity (Wildman–Crippen MR) is 69.0 cm³/mol. The lowest BCUT2D eigenvalue weighted by atomic mass is 9.91. The Kier molecular flexibility index (Phi) is 5.59. The van der Waals surface area contributed by atoms with Crippen molar-refractivity contribution in [1.29, 1.82) is 0 Å². The van der Waals surface area contributed by atoms with Gasteiger partial charge in [-0.05, 0) is 32.2 Å². The maximum absolute atomic E-state index is 12.1. The second-order valence-electron chi connectivity index (χ2n) is 5.33. The average molecular weight is 256 g/mol. The first-order valence-electron chi connectivity index (χ1n) is 6.57. The number of ether oxygens (including phenoxy) is 1. The van der Waals surface area contributed by atoms with Crippen LogP contribution in [0.15, 0.2) is 0 Å². The van der Waals surface area contributed by atoms with E-state index >= 15 is 0 Å². The van der Waals surface area contributed by atoms with E-state index in [-0.39, 0.29) is 23.7 Å². The van der Waals surface area contributed by atoms with Gasteiger partial charge in [-0.15, -0.1) is 0 Å². The number of nitrogens with one attached hydrogen (secondary N) is 2. The molecule has 0 spiro atoms. The van der Waals surface area contributed by atoms with E-state index in [4.69, 9.17) is 4.74 Å². The highest BCUT2D eigenvalue weighted by Crippen LogP contribution is 2.17. The molecule has 1 amide bonds. The normalized spacial score (nSPS) is 25.6. The summed E-state index contributed by atoms with van der Waals surface area (Å²) in [5.41, 5.74) is 0. The van der Waals surface area contributed by atoms with Gasteiger partial charge >= 0.3 is 5.97 Å². The zero-order chi connectivity index (χ0) is 13.7. The van der Waals surface area contributed by atoms with Gasteiger partial charge in [-0.2, -0.15) is 0 Å². The number of carbonyl (C=O) groups excluding carboxylic acids is 2. The summed E-state index contributed by atoms with van der Waals surface area (Å²) in [6.07, 6.45) is 1.64. The van der Waals surface area contributed by atoms with Gasteiger partial charge in [0, 0.05) is 12.0 Å². The minimum atomic E-state index is -0.548. The molecule has 0 saturated carbocycles. The van der Waals surface area contributed by atoms with Gasteiger partial charge in [0.25, 0.3) is 0 Å². The van der Waals surface area contributed by atoms with Crippen LogP contribution in [-0.2, 0) is 14.3 Å². The van der Waals surface area contributed by atoms with E-state index in [1.54, 1.807) is 0 Å². The Labute approximate surface area is 109 Å². The Morgan fingerprint density at radius 1 is 1.39 bits per heavy atom. The third kappa shape index (κ3) is 3.98.